The van der Waals surface area contributed by atoms with Crippen LogP contribution in [0, 0.1) is 17.8 Å². The predicted octanol–water partition coefficient (Wildman–Crippen LogP) is 3.85. The highest BCUT2D eigenvalue weighted by atomic mass is 19.4. The highest BCUT2D eigenvalue weighted by Crippen LogP contribution is 2.38. The van der Waals surface area contributed by atoms with Crippen molar-refractivity contribution in [3.05, 3.63) is 35.9 Å². The average Bonchev–Trinajstić information content (AvgIpc) is 2.97. The molecule has 0 aliphatic carbocycles. The molecule has 1 amide bonds. The molecule has 0 aromatic heterocycles. The lowest BCUT2D eigenvalue weighted by Gasteiger charge is -2.25. The van der Waals surface area contributed by atoms with Crippen molar-refractivity contribution in [3.8, 4) is 0 Å². The van der Waals surface area contributed by atoms with Crippen LogP contribution in [0.2, 0.25) is 0 Å². The Kier molecular flexibility index (Phi) is 6.49. The van der Waals surface area contributed by atoms with E-state index >= 15 is 0 Å². The summed E-state index contributed by atoms with van der Waals surface area (Å²) in [5.74, 6) is -2.93. The van der Waals surface area contributed by atoms with Crippen LogP contribution in [0.25, 0.3) is 0 Å². The van der Waals surface area contributed by atoms with Crippen LogP contribution in [0.5, 0.6) is 0 Å². The van der Waals surface area contributed by atoms with Gasteiger partial charge in [0, 0.05) is 25.7 Å². The lowest BCUT2D eigenvalue weighted by Crippen LogP contribution is -2.45. The maximum Gasteiger partial charge on any atom is 0.393 e. The van der Waals surface area contributed by atoms with Crippen LogP contribution in [-0.2, 0) is 11.3 Å². The van der Waals surface area contributed by atoms with E-state index in [1.165, 1.54) is 0 Å². The van der Waals surface area contributed by atoms with Crippen LogP contribution >= 0.6 is 0 Å². The zero-order valence-electron chi connectivity index (χ0n) is 15.0. The van der Waals surface area contributed by atoms with Gasteiger partial charge in [-0.25, -0.2) is 0 Å². The number of rotatable bonds is 6. The molecular formula is C19H27F3N2O. The van der Waals surface area contributed by atoms with E-state index in [9.17, 15) is 18.0 Å². The molecule has 25 heavy (non-hydrogen) atoms. The summed E-state index contributed by atoms with van der Waals surface area (Å²) in [4.78, 5) is 14.3. The summed E-state index contributed by atoms with van der Waals surface area (Å²) in [7, 11) is 0. The van der Waals surface area contributed by atoms with Crippen molar-refractivity contribution in [2.45, 2.75) is 46.0 Å². The second kappa shape index (κ2) is 8.21. The van der Waals surface area contributed by atoms with Gasteiger partial charge < -0.3 is 5.32 Å². The van der Waals surface area contributed by atoms with Gasteiger partial charge in [-0.05, 0) is 17.9 Å². The van der Waals surface area contributed by atoms with Crippen LogP contribution in [0.3, 0.4) is 0 Å². The van der Waals surface area contributed by atoms with Crippen molar-refractivity contribution in [3.63, 3.8) is 0 Å². The van der Waals surface area contributed by atoms with Gasteiger partial charge in [-0.1, -0.05) is 51.1 Å². The lowest BCUT2D eigenvalue weighted by molar-refractivity contribution is -0.183. The number of carbonyl (C=O) groups excluding carboxylic acids is 1. The molecule has 1 saturated heterocycles. The maximum absolute atomic E-state index is 13.5. The van der Waals surface area contributed by atoms with Crippen molar-refractivity contribution in [1.82, 2.24) is 10.2 Å². The molecule has 1 fully saturated rings. The molecule has 3 nitrogen and oxygen atoms in total. The van der Waals surface area contributed by atoms with E-state index in [1.54, 1.807) is 4.90 Å². The number of hydrogen-bond donors (Lipinski definition) is 1. The van der Waals surface area contributed by atoms with Crippen LogP contribution in [-0.4, -0.2) is 36.1 Å². The smallest absolute Gasteiger partial charge is 0.353 e. The molecule has 1 aromatic carbocycles. The van der Waals surface area contributed by atoms with Crippen molar-refractivity contribution >= 4 is 5.91 Å². The fraction of sp³-hybridized carbons (Fsp3) is 0.632. The van der Waals surface area contributed by atoms with E-state index in [0.29, 0.717) is 13.0 Å². The number of nitrogens with one attached hydrogen (secondary N) is 1. The third-order valence-corrected chi connectivity index (χ3v) is 4.97. The molecule has 1 aliphatic rings. The van der Waals surface area contributed by atoms with Crippen LogP contribution in [0.15, 0.2) is 30.3 Å². The summed E-state index contributed by atoms with van der Waals surface area (Å²) in [5, 5.41) is 2.83. The molecule has 0 unspecified atom stereocenters. The summed E-state index contributed by atoms with van der Waals surface area (Å²) in [6.07, 6.45) is -3.66. The van der Waals surface area contributed by atoms with Crippen molar-refractivity contribution in [2.75, 3.05) is 13.1 Å². The van der Waals surface area contributed by atoms with Gasteiger partial charge >= 0.3 is 6.18 Å². The quantitative estimate of drug-likeness (QED) is 0.840. The average molecular weight is 356 g/mol. The lowest BCUT2D eigenvalue weighted by atomic mass is 9.93. The van der Waals surface area contributed by atoms with E-state index in [4.69, 9.17) is 0 Å². The van der Waals surface area contributed by atoms with Crippen LogP contribution in [0.1, 0.15) is 32.8 Å². The topological polar surface area (TPSA) is 32.3 Å². The van der Waals surface area contributed by atoms with Gasteiger partial charge in [0.05, 0.1) is 11.8 Å². The molecule has 1 aromatic rings. The van der Waals surface area contributed by atoms with Crippen molar-refractivity contribution < 1.29 is 18.0 Å². The van der Waals surface area contributed by atoms with Gasteiger partial charge in [0.2, 0.25) is 5.91 Å². The van der Waals surface area contributed by atoms with Gasteiger partial charge in [-0.2, -0.15) is 13.2 Å². The van der Waals surface area contributed by atoms with Crippen LogP contribution in [0.4, 0.5) is 13.2 Å². The highest BCUT2D eigenvalue weighted by molar-refractivity contribution is 5.80. The van der Waals surface area contributed by atoms with E-state index in [1.807, 2.05) is 51.1 Å². The summed E-state index contributed by atoms with van der Waals surface area (Å²) in [6.45, 7) is 6.30. The molecule has 6 heteroatoms. The zero-order valence-corrected chi connectivity index (χ0v) is 15.0. The first kappa shape index (κ1) is 19.8. The summed E-state index contributed by atoms with van der Waals surface area (Å²) in [6, 6.07) is 9.30. The Hall–Kier alpha value is -1.56. The minimum Gasteiger partial charge on any atom is -0.353 e. The third kappa shape index (κ3) is 5.21. The second-order valence-electron chi connectivity index (χ2n) is 7.20. The molecule has 0 radical (unpaired) electrons. The molecule has 0 spiro atoms. The molecule has 0 saturated carbocycles. The summed E-state index contributed by atoms with van der Waals surface area (Å²) < 4.78 is 40.4. The molecule has 3 atom stereocenters. The van der Waals surface area contributed by atoms with E-state index in [0.717, 1.165) is 5.56 Å². The number of amides is 1. The number of benzene rings is 1. The number of nitrogens with zero attached hydrogens (tertiary/aromatic N) is 1. The number of alkyl halides is 3. The van der Waals surface area contributed by atoms with E-state index in [2.05, 4.69) is 5.32 Å². The Balaban J connectivity index is 2.09. The Morgan fingerprint density at radius 3 is 2.40 bits per heavy atom. The SMILES string of the molecule is CC[C@H](NC(=O)[C@H]1CN(Cc2ccccc2)C[C@H]1C(F)(F)F)C(C)C. The molecule has 1 heterocycles. The van der Waals surface area contributed by atoms with Gasteiger partial charge in [-0.3, -0.25) is 9.69 Å². The maximum atomic E-state index is 13.5. The Morgan fingerprint density at radius 1 is 1.24 bits per heavy atom. The Labute approximate surface area is 147 Å². The minimum atomic E-state index is -4.37. The van der Waals surface area contributed by atoms with Gasteiger partial charge in [0.15, 0.2) is 0 Å². The van der Waals surface area contributed by atoms with Crippen LogP contribution < -0.4 is 5.32 Å². The summed E-state index contributed by atoms with van der Waals surface area (Å²) in [5.41, 5.74) is 0.957. The zero-order chi connectivity index (χ0) is 18.6. The van der Waals surface area contributed by atoms with Crippen molar-refractivity contribution in [2.24, 2.45) is 17.8 Å². The first-order valence-corrected chi connectivity index (χ1v) is 8.85. The Bertz CT molecular complexity index is 560. The molecule has 1 N–H and O–H groups in total. The first-order chi connectivity index (χ1) is 11.7. The minimum absolute atomic E-state index is 0.0930. The van der Waals surface area contributed by atoms with Gasteiger partial charge in [0.25, 0.3) is 0 Å². The van der Waals surface area contributed by atoms with Gasteiger partial charge in [-0.15, -0.1) is 0 Å². The predicted molar refractivity (Wildman–Crippen MR) is 91.8 cm³/mol. The van der Waals surface area contributed by atoms with E-state index in [-0.39, 0.29) is 25.0 Å². The van der Waals surface area contributed by atoms with Crippen molar-refractivity contribution in [1.29, 1.82) is 0 Å². The van der Waals surface area contributed by atoms with E-state index < -0.39 is 23.9 Å². The molecule has 2 rings (SSSR count). The molecule has 1 aliphatic heterocycles. The molecule has 0 bridgehead atoms. The number of carbonyl (C=O) groups is 1. The standard InChI is InChI=1S/C19H27F3N2O/c1-4-17(13(2)3)23-18(25)15-11-24(12-16(15)19(20,21)22)10-14-8-6-5-7-9-14/h5-9,13,15-17H,4,10-12H2,1-3H3,(H,23,25)/t15-,16+,17-/m0/s1. The molecule has 140 valence electrons. The third-order valence-electron chi connectivity index (χ3n) is 4.97. The summed E-state index contributed by atoms with van der Waals surface area (Å²) >= 11 is 0. The fourth-order valence-corrected chi connectivity index (χ4v) is 3.48. The number of halogens is 3. The monoisotopic (exact) mass is 356 g/mol. The Morgan fingerprint density at radius 2 is 1.88 bits per heavy atom. The normalized spacial score (nSPS) is 23.0. The first-order valence-electron chi connectivity index (χ1n) is 8.85. The largest absolute Gasteiger partial charge is 0.393 e. The number of hydrogen-bond acceptors (Lipinski definition) is 2. The second-order valence-corrected chi connectivity index (χ2v) is 7.20. The molecular weight excluding hydrogens is 329 g/mol. The highest BCUT2D eigenvalue weighted by Gasteiger charge is 2.52. The number of likely N-dealkylation sites (tertiary alicyclic amines) is 1. The fourth-order valence-electron chi connectivity index (χ4n) is 3.48. The van der Waals surface area contributed by atoms with Gasteiger partial charge in [0.1, 0.15) is 0 Å².